The van der Waals surface area contributed by atoms with Gasteiger partial charge in [-0.25, -0.2) is 4.90 Å². The van der Waals surface area contributed by atoms with Crippen LogP contribution in [0.4, 0.5) is 5.69 Å². The summed E-state index contributed by atoms with van der Waals surface area (Å²) in [5, 5.41) is 0. The maximum absolute atomic E-state index is 13.8. The van der Waals surface area contributed by atoms with E-state index >= 15 is 0 Å². The standard InChI is InChI=1S/C30H32N2O2/c1-20-12-17-25(21(2)18-20)26-27(31(6)19-22-10-8-7-9-11-22)29(34)32(28(26)33)24-15-13-23(14-16-24)30(3,4)5/h7-18H,19H2,1-6H3. The van der Waals surface area contributed by atoms with Crippen molar-refractivity contribution in [2.75, 3.05) is 11.9 Å². The summed E-state index contributed by atoms with van der Waals surface area (Å²) in [6.07, 6.45) is 0. The summed E-state index contributed by atoms with van der Waals surface area (Å²) in [4.78, 5) is 30.8. The van der Waals surface area contributed by atoms with Crippen molar-refractivity contribution in [2.24, 2.45) is 0 Å². The van der Waals surface area contributed by atoms with Crippen LogP contribution < -0.4 is 4.90 Å². The molecule has 0 saturated carbocycles. The lowest BCUT2D eigenvalue weighted by Gasteiger charge is -2.23. The van der Waals surface area contributed by atoms with E-state index in [1.165, 1.54) is 4.90 Å². The highest BCUT2D eigenvalue weighted by Gasteiger charge is 2.42. The highest BCUT2D eigenvalue weighted by Crippen LogP contribution is 2.37. The lowest BCUT2D eigenvalue weighted by molar-refractivity contribution is -0.120. The van der Waals surface area contributed by atoms with E-state index in [0.717, 1.165) is 27.8 Å². The fraction of sp³-hybridized carbons (Fsp3) is 0.267. The molecule has 4 rings (SSSR count). The van der Waals surface area contributed by atoms with Crippen molar-refractivity contribution in [2.45, 2.75) is 46.6 Å². The van der Waals surface area contributed by atoms with E-state index in [4.69, 9.17) is 0 Å². The van der Waals surface area contributed by atoms with Crippen LogP contribution in [0.25, 0.3) is 5.57 Å². The summed E-state index contributed by atoms with van der Waals surface area (Å²) >= 11 is 0. The van der Waals surface area contributed by atoms with Gasteiger partial charge in [0.2, 0.25) is 0 Å². The molecule has 0 spiro atoms. The lowest BCUT2D eigenvalue weighted by Crippen LogP contribution is -2.34. The van der Waals surface area contributed by atoms with E-state index in [2.05, 4.69) is 26.8 Å². The summed E-state index contributed by atoms with van der Waals surface area (Å²) in [5.41, 5.74) is 6.59. The van der Waals surface area contributed by atoms with Crippen LogP contribution in [-0.2, 0) is 21.5 Å². The van der Waals surface area contributed by atoms with E-state index < -0.39 is 0 Å². The van der Waals surface area contributed by atoms with Gasteiger partial charge in [-0.15, -0.1) is 0 Å². The van der Waals surface area contributed by atoms with Crippen molar-refractivity contribution in [1.82, 2.24) is 4.90 Å². The Labute approximate surface area is 202 Å². The third kappa shape index (κ3) is 4.41. The number of anilines is 1. The first-order chi connectivity index (χ1) is 16.1. The maximum atomic E-state index is 13.8. The average molecular weight is 453 g/mol. The van der Waals surface area contributed by atoms with Crippen LogP contribution in [0.15, 0.2) is 78.5 Å². The van der Waals surface area contributed by atoms with Crippen LogP contribution in [-0.4, -0.2) is 23.8 Å². The normalized spacial score (nSPS) is 14.2. The van der Waals surface area contributed by atoms with Crippen LogP contribution in [0.2, 0.25) is 0 Å². The van der Waals surface area contributed by atoms with Gasteiger partial charge in [0.15, 0.2) is 0 Å². The molecule has 0 N–H and O–H groups in total. The molecule has 2 amide bonds. The molecule has 3 aromatic carbocycles. The molecule has 0 unspecified atom stereocenters. The molecule has 1 aliphatic rings. The molecular weight excluding hydrogens is 420 g/mol. The Balaban J connectivity index is 1.80. The quantitative estimate of drug-likeness (QED) is 0.445. The molecule has 0 fully saturated rings. The third-order valence-corrected chi connectivity index (χ3v) is 6.35. The van der Waals surface area contributed by atoms with Crippen LogP contribution in [0.5, 0.6) is 0 Å². The number of likely N-dealkylation sites (N-methyl/N-ethyl adjacent to an activating group) is 1. The Hall–Kier alpha value is -3.66. The average Bonchev–Trinajstić information content (AvgIpc) is 3.04. The van der Waals surface area contributed by atoms with Gasteiger partial charge in [-0.05, 0) is 53.6 Å². The minimum atomic E-state index is -0.290. The van der Waals surface area contributed by atoms with Gasteiger partial charge in [-0.1, -0.05) is 87.0 Å². The molecule has 0 radical (unpaired) electrons. The maximum Gasteiger partial charge on any atom is 0.282 e. The van der Waals surface area contributed by atoms with Gasteiger partial charge in [0.1, 0.15) is 5.70 Å². The van der Waals surface area contributed by atoms with E-state index in [9.17, 15) is 9.59 Å². The lowest BCUT2D eigenvalue weighted by atomic mass is 9.87. The number of rotatable bonds is 5. The summed E-state index contributed by atoms with van der Waals surface area (Å²) in [6.45, 7) is 11.0. The highest BCUT2D eigenvalue weighted by molar-refractivity contribution is 6.45. The van der Waals surface area contributed by atoms with Gasteiger partial charge < -0.3 is 4.90 Å². The predicted molar refractivity (Wildman–Crippen MR) is 138 cm³/mol. The molecule has 0 saturated heterocycles. The largest absolute Gasteiger partial charge is 0.365 e. The van der Waals surface area contributed by atoms with Crippen LogP contribution in [0, 0.1) is 13.8 Å². The first-order valence-corrected chi connectivity index (χ1v) is 11.6. The summed E-state index contributed by atoms with van der Waals surface area (Å²) in [5.74, 6) is -0.572. The monoisotopic (exact) mass is 452 g/mol. The highest BCUT2D eigenvalue weighted by atomic mass is 16.2. The fourth-order valence-electron chi connectivity index (χ4n) is 4.49. The zero-order valence-corrected chi connectivity index (χ0v) is 20.8. The number of hydrogen-bond donors (Lipinski definition) is 0. The van der Waals surface area contributed by atoms with Crippen molar-refractivity contribution in [1.29, 1.82) is 0 Å². The second kappa shape index (κ2) is 8.94. The van der Waals surface area contributed by atoms with Gasteiger partial charge in [-0.2, -0.15) is 0 Å². The number of carbonyl (C=O) groups is 2. The van der Waals surface area contributed by atoms with Gasteiger partial charge in [0.05, 0.1) is 11.3 Å². The number of hydrogen-bond acceptors (Lipinski definition) is 3. The number of benzene rings is 3. The van der Waals surface area contributed by atoms with Gasteiger partial charge in [-0.3, -0.25) is 9.59 Å². The molecular formula is C30H32N2O2. The first kappa shape index (κ1) is 23.5. The Kier molecular flexibility index (Phi) is 6.18. The van der Waals surface area contributed by atoms with E-state index in [1.807, 2.05) is 92.5 Å². The molecule has 174 valence electrons. The number of imide groups is 1. The molecule has 0 atom stereocenters. The predicted octanol–water partition coefficient (Wildman–Crippen LogP) is 6.02. The molecule has 1 heterocycles. The number of amides is 2. The molecule has 34 heavy (non-hydrogen) atoms. The zero-order chi connectivity index (χ0) is 24.6. The molecule has 3 aromatic rings. The third-order valence-electron chi connectivity index (χ3n) is 6.35. The second-order valence-electron chi connectivity index (χ2n) is 10.1. The van der Waals surface area contributed by atoms with Crippen molar-refractivity contribution in [3.8, 4) is 0 Å². The van der Waals surface area contributed by atoms with Crippen molar-refractivity contribution in [3.05, 3.63) is 106 Å². The van der Waals surface area contributed by atoms with Crippen LogP contribution in [0.1, 0.15) is 48.6 Å². The van der Waals surface area contributed by atoms with Crippen molar-refractivity contribution >= 4 is 23.1 Å². The topological polar surface area (TPSA) is 40.6 Å². The number of carbonyl (C=O) groups excluding carboxylic acids is 2. The Morgan fingerprint density at radius 1 is 0.824 bits per heavy atom. The van der Waals surface area contributed by atoms with Gasteiger partial charge >= 0.3 is 0 Å². The summed E-state index contributed by atoms with van der Waals surface area (Å²) in [6, 6.07) is 23.7. The molecule has 0 aliphatic carbocycles. The van der Waals surface area contributed by atoms with Crippen LogP contribution in [0.3, 0.4) is 0 Å². The van der Waals surface area contributed by atoms with Gasteiger partial charge in [0, 0.05) is 13.6 Å². The first-order valence-electron chi connectivity index (χ1n) is 11.6. The molecule has 4 heteroatoms. The summed E-state index contributed by atoms with van der Waals surface area (Å²) < 4.78 is 0. The molecule has 0 aromatic heterocycles. The molecule has 0 bridgehead atoms. The van der Waals surface area contributed by atoms with E-state index in [0.29, 0.717) is 23.5 Å². The van der Waals surface area contributed by atoms with Gasteiger partial charge in [0.25, 0.3) is 11.8 Å². The van der Waals surface area contributed by atoms with Crippen LogP contribution >= 0.6 is 0 Å². The van der Waals surface area contributed by atoms with E-state index in [-0.39, 0.29) is 17.2 Å². The zero-order valence-electron chi connectivity index (χ0n) is 20.8. The molecule has 4 nitrogen and oxygen atoms in total. The van der Waals surface area contributed by atoms with Crippen molar-refractivity contribution < 1.29 is 9.59 Å². The van der Waals surface area contributed by atoms with E-state index in [1.54, 1.807) is 0 Å². The van der Waals surface area contributed by atoms with Crippen molar-refractivity contribution in [3.63, 3.8) is 0 Å². The number of nitrogens with zero attached hydrogens (tertiary/aromatic N) is 2. The molecule has 1 aliphatic heterocycles. The number of aryl methyl sites for hydroxylation is 2. The fourth-order valence-corrected chi connectivity index (χ4v) is 4.49. The Morgan fingerprint density at radius 2 is 1.47 bits per heavy atom. The Bertz CT molecular complexity index is 1270. The SMILES string of the molecule is Cc1ccc(C2=C(N(C)Cc3ccccc3)C(=O)N(c3ccc(C(C)(C)C)cc3)C2=O)c(C)c1. The minimum absolute atomic E-state index is 0.0129. The second-order valence-corrected chi connectivity index (χ2v) is 10.1. The smallest absolute Gasteiger partial charge is 0.282 e. The minimum Gasteiger partial charge on any atom is -0.365 e. The summed E-state index contributed by atoms with van der Waals surface area (Å²) in [7, 11) is 1.88. The Morgan fingerprint density at radius 3 is 2.06 bits per heavy atom.